The van der Waals surface area contributed by atoms with Crippen LogP contribution >= 0.6 is 63.7 Å². The van der Waals surface area contributed by atoms with Gasteiger partial charge in [0.05, 0.1) is 13.1 Å². The third kappa shape index (κ3) is 23.1. The predicted molar refractivity (Wildman–Crippen MR) is 313 cm³/mol. The molecule has 0 amide bonds. The van der Waals surface area contributed by atoms with E-state index in [9.17, 15) is 20.4 Å². The van der Waals surface area contributed by atoms with E-state index in [0.29, 0.717) is 57.6 Å². The Morgan fingerprint density at radius 3 is 1.00 bits per heavy atom. The summed E-state index contributed by atoms with van der Waals surface area (Å²) >= 11 is 13.3. The fourth-order valence-electron chi connectivity index (χ4n) is 6.76. The van der Waals surface area contributed by atoms with Crippen LogP contribution in [0.5, 0.6) is 23.0 Å². The van der Waals surface area contributed by atoms with E-state index in [1.165, 1.54) is 11.1 Å². The Labute approximate surface area is 502 Å². The Morgan fingerprint density at radius 1 is 0.432 bits per heavy atom. The quantitative estimate of drug-likeness (QED) is 0.0795. The van der Waals surface area contributed by atoms with E-state index in [1.54, 1.807) is 36.7 Å². The van der Waals surface area contributed by atoms with Gasteiger partial charge in [0.1, 0.15) is 0 Å². The molecule has 388 valence electrons. The molecule has 2 N–H and O–H groups in total. The van der Waals surface area contributed by atoms with Gasteiger partial charge in [-0.2, -0.15) is 0 Å². The van der Waals surface area contributed by atoms with Crippen LogP contribution in [0.15, 0.2) is 137 Å². The van der Waals surface area contributed by atoms with Crippen molar-refractivity contribution >= 4 is 87.5 Å². The molecule has 6 rings (SSSR count). The third-order valence-electron chi connectivity index (χ3n) is 11.1. The second kappa shape index (κ2) is 31.1. The number of benzene rings is 6. The molecular weight excluding hydrogens is 1290 g/mol. The Balaban J connectivity index is 0.000000571. The van der Waals surface area contributed by atoms with E-state index in [4.69, 9.17) is 0 Å². The van der Waals surface area contributed by atoms with Crippen molar-refractivity contribution < 1.29 is 59.4 Å². The average molecular weight is 1360 g/mol. The minimum absolute atomic E-state index is 0. The van der Waals surface area contributed by atoms with E-state index in [0.717, 1.165) is 31.2 Å². The van der Waals surface area contributed by atoms with Gasteiger partial charge < -0.3 is 31.1 Å². The predicted octanol–water partition coefficient (Wildman–Crippen LogP) is 15.0. The van der Waals surface area contributed by atoms with Crippen molar-refractivity contribution in [1.29, 1.82) is 0 Å². The number of hydrogen-bond acceptors (Lipinski definition) is 8. The van der Waals surface area contributed by atoms with Crippen molar-refractivity contribution in [3.63, 3.8) is 0 Å². The molecule has 0 atom stereocenters. The van der Waals surface area contributed by atoms with Crippen molar-refractivity contribution in [2.45, 2.75) is 119 Å². The van der Waals surface area contributed by atoms with Crippen molar-refractivity contribution in [3.05, 3.63) is 172 Å². The number of hydrogen-bond donors (Lipinski definition) is 2. The van der Waals surface area contributed by atoms with E-state index in [-0.39, 0.29) is 83.6 Å². The van der Waals surface area contributed by atoms with Gasteiger partial charge in [-0.3, -0.25) is 9.98 Å². The largest absolute Gasteiger partial charge is 2.00 e. The van der Waals surface area contributed by atoms with Crippen molar-refractivity contribution in [2.24, 2.45) is 9.98 Å². The summed E-state index contributed by atoms with van der Waals surface area (Å²) in [7, 11) is 0. The summed E-state index contributed by atoms with van der Waals surface area (Å²) in [6.07, 6.45) is 3.15. The van der Waals surface area contributed by atoms with Crippen LogP contribution < -0.4 is 31.1 Å². The molecular formula is C60H72Br4N4O4Zn2. The smallest absolute Gasteiger partial charge is 0.871 e. The molecule has 6 aromatic rings. The first-order chi connectivity index (χ1) is 33.4. The first kappa shape index (κ1) is 68.6. The summed E-state index contributed by atoms with van der Waals surface area (Å²) in [6.45, 7) is 31.3. The third-order valence-corrected chi connectivity index (χ3v) is 13.1. The maximum atomic E-state index is 12.9. The Hall–Kier alpha value is -3.37. The molecule has 0 heterocycles. The second-order valence-electron chi connectivity index (χ2n) is 21.6. The average Bonchev–Trinajstić information content (AvgIpc) is 3.27. The maximum Gasteiger partial charge on any atom is 2.00 e. The van der Waals surface area contributed by atoms with Crippen molar-refractivity contribution in [1.82, 2.24) is 0 Å². The molecule has 0 aliphatic carbocycles. The number of anilines is 2. The van der Waals surface area contributed by atoms with Crippen molar-refractivity contribution in [3.8, 4) is 23.0 Å². The van der Waals surface area contributed by atoms with E-state index in [2.05, 4.69) is 206 Å². The normalized spacial score (nSPS) is 11.5. The molecule has 0 aliphatic rings. The number of aliphatic imine (C=N–C) groups is 2. The SMILES string of the molecule is CC(C)(C)c1cc(NCCN=Cc2cc(Br)cc(Br)c2[O-])c([O-])c(C(C)(C)C)c1.CC(C)(C)c1cc(NCCN=Cc2cc(Br)cc(Br)c2[O-])c([O-])c(C(C)(C)C)c1.Cc1ccccc1.Cc1ccccc1.[Zn+2].[Zn+2]. The minimum Gasteiger partial charge on any atom is -0.871 e. The van der Waals surface area contributed by atoms with Crippen molar-refractivity contribution in [2.75, 3.05) is 36.8 Å². The zero-order valence-electron chi connectivity index (χ0n) is 45.8. The van der Waals surface area contributed by atoms with Crippen LogP contribution in [0.2, 0.25) is 0 Å². The fraction of sp³-hybridized carbons (Fsp3) is 0.367. The fourth-order valence-corrected chi connectivity index (χ4v) is 9.27. The van der Waals surface area contributed by atoms with Gasteiger partial charge in [0.25, 0.3) is 0 Å². The van der Waals surface area contributed by atoms with Crippen LogP contribution in [0.25, 0.3) is 0 Å². The summed E-state index contributed by atoms with van der Waals surface area (Å²) < 4.78 is 2.62. The molecule has 14 heteroatoms. The van der Waals surface area contributed by atoms with E-state index < -0.39 is 0 Å². The standard InChI is InChI=1S/2C23H30Br2N2O2.2C7H8.2Zn/c2*1-22(2,3)15-10-17(23(4,5)6)21(29)19(11-15)27-8-7-26-13-14-9-16(24)12-18(25)20(14)28;2*1-7-5-3-2-4-6-7;;/h2*9-13,27-29H,7-8H2,1-6H3;2*2-6H,1H3;;/q;;;;2*+2/p-4. The summed E-state index contributed by atoms with van der Waals surface area (Å²) in [5.41, 5.74) is 8.19. The first-order valence-electron chi connectivity index (χ1n) is 23.9. The summed E-state index contributed by atoms with van der Waals surface area (Å²) in [6, 6.07) is 35.4. The van der Waals surface area contributed by atoms with Crippen LogP contribution in [0.1, 0.15) is 128 Å². The molecule has 74 heavy (non-hydrogen) atoms. The van der Waals surface area contributed by atoms with Gasteiger partial charge in [0.15, 0.2) is 0 Å². The molecule has 0 radical (unpaired) electrons. The molecule has 0 bridgehead atoms. The number of nitrogens with one attached hydrogen (secondary N) is 2. The van der Waals surface area contributed by atoms with Gasteiger partial charge in [-0.1, -0.05) is 254 Å². The summed E-state index contributed by atoms with van der Waals surface area (Å²) in [5.74, 6) is -0.126. The van der Waals surface area contributed by atoms with E-state index in [1.807, 2.05) is 60.7 Å². The summed E-state index contributed by atoms with van der Waals surface area (Å²) in [5, 5.41) is 56.6. The van der Waals surface area contributed by atoms with E-state index >= 15 is 0 Å². The van der Waals surface area contributed by atoms with Crippen LogP contribution in [-0.4, -0.2) is 38.6 Å². The van der Waals surface area contributed by atoms with Gasteiger partial charge >= 0.3 is 39.0 Å². The molecule has 0 aliphatic heterocycles. The molecule has 0 saturated heterocycles. The number of rotatable bonds is 10. The number of nitrogens with zero attached hydrogens (tertiary/aromatic N) is 2. The Bertz CT molecular complexity index is 2560. The zero-order valence-corrected chi connectivity index (χ0v) is 58.1. The summed E-state index contributed by atoms with van der Waals surface area (Å²) in [4.78, 5) is 8.68. The molecule has 0 saturated carbocycles. The molecule has 8 nitrogen and oxygen atoms in total. The van der Waals surface area contributed by atoms with Crippen LogP contribution in [0.3, 0.4) is 0 Å². The second-order valence-corrected chi connectivity index (χ2v) is 25.2. The molecule has 0 aromatic heterocycles. The molecule has 0 spiro atoms. The topological polar surface area (TPSA) is 141 Å². The molecule has 0 fully saturated rings. The van der Waals surface area contributed by atoms with Crippen LogP contribution in [0.4, 0.5) is 11.4 Å². The number of halogens is 4. The zero-order chi connectivity index (χ0) is 54.2. The van der Waals surface area contributed by atoms with Crippen LogP contribution in [-0.2, 0) is 60.6 Å². The Kier molecular flexibility index (Phi) is 28.9. The van der Waals surface area contributed by atoms with Crippen LogP contribution in [0, 0.1) is 13.8 Å². The van der Waals surface area contributed by atoms with Gasteiger partial charge in [-0.25, -0.2) is 0 Å². The minimum atomic E-state index is -0.231. The number of aryl methyl sites for hydroxylation is 2. The first-order valence-corrected chi connectivity index (χ1v) is 27.1. The monoisotopic (exact) mass is 1360 g/mol. The maximum absolute atomic E-state index is 12.9. The molecule has 0 unspecified atom stereocenters. The van der Waals surface area contributed by atoms with Gasteiger partial charge in [-0.15, -0.1) is 0 Å². The Morgan fingerprint density at radius 2 is 0.743 bits per heavy atom. The molecule has 6 aromatic carbocycles. The van der Waals surface area contributed by atoms with Gasteiger partial charge in [-0.05, 0) is 105 Å². The van der Waals surface area contributed by atoms with Gasteiger partial charge in [0, 0.05) is 54.8 Å². The van der Waals surface area contributed by atoms with Gasteiger partial charge in [0.2, 0.25) is 0 Å².